The highest BCUT2D eigenvalue weighted by Crippen LogP contribution is 2.48. The van der Waals surface area contributed by atoms with E-state index in [1.165, 1.54) is 24.3 Å². The third-order valence-electron chi connectivity index (χ3n) is 12.2. The number of hydrogen-bond acceptors (Lipinski definition) is 2. The quantitative estimate of drug-likeness (QED) is 0.167. The fourth-order valence-electron chi connectivity index (χ4n) is 9.39. The van der Waals surface area contributed by atoms with Gasteiger partial charge in [-0.25, -0.2) is 4.98 Å². The second kappa shape index (κ2) is 12.3. The van der Waals surface area contributed by atoms with Crippen molar-refractivity contribution in [2.24, 2.45) is 0 Å². The zero-order valence-corrected chi connectivity index (χ0v) is 32.5. The van der Waals surface area contributed by atoms with Gasteiger partial charge in [-0.15, -0.1) is 0 Å². The van der Waals surface area contributed by atoms with Crippen LogP contribution in [0.3, 0.4) is 0 Å². The summed E-state index contributed by atoms with van der Waals surface area (Å²) in [6.45, 7) is -13.2. The molecule has 5 heteroatoms. The van der Waals surface area contributed by atoms with Crippen LogP contribution in [-0.4, -0.2) is 22.0 Å². The first-order valence-electron chi connectivity index (χ1n) is 25.6. The van der Waals surface area contributed by atoms with Crippen molar-refractivity contribution in [1.29, 1.82) is 0 Å². The van der Waals surface area contributed by atoms with Crippen molar-refractivity contribution in [2.45, 2.75) is 32.1 Å². The van der Waals surface area contributed by atoms with Crippen LogP contribution in [0.25, 0.3) is 33.5 Å². The second-order valence-electron chi connectivity index (χ2n) is 15.4. The topological polar surface area (TPSA) is 31.5 Å². The molecule has 0 radical (unpaired) electrons. The van der Waals surface area contributed by atoms with Crippen molar-refractivity contribution in [3.8, 4) is 17.2 Å². The number of aromatic nitrogens is 3. The van der Waals surface area contributed by atoms with Gasteiger partial charge < -0.3 is 4.74 Å². The molecule has 0 amide bonds. The SMILES string of the molecule is [2H]C([2H])([2H])C1(C([2H])([2H])[2H])c2ccc(-n3c4ccccc4n4c5ccccc5nc34)cc2Oc2c1cccc2[Si](c1ccc2/c(c1)=c1/cccc/c1=c1\cccc\c1=c1/cccc/c1=2)(C([2H])([2H])[2H])C([2H])([2H])[2H]. The molecule has 0 N–H and O–H groups in total. The van der Waals surface area contributed by atoms with E-state index >= 15 is 0 Å². The lowest BCUT2D eigenvalue weighted by molar-refractivity contribution is 0.421. The molecule has 10 aromatic rings. The van der Waals surface area contributed by atoms with Crippen LogP contribution in [0.5, 0.6) is 11.5 Å². The Labute approximate surface area is 358 Å². The summed E-state index contributed by atoms with van der Waals surface area (Å²) in [4.78, 5) is 4.98. The minimum Gasteiger partial charge on any atom is -0.457 e. The molecule has 0 saturated carbocycles. The van der Waals surface area contributed by atoms with E-state index in [1.807, 2.05) is 124 Å². The lowest BCUT2D eigenvalue weighted by Crippen LogP contribution is -2.54. The summed E-state index contributed by atoms with van der Waals surface area (Å²) >= 11 is 0. The summed E-state index contributed by atoms with van der Waals surface area (Å²) in [6.07, 6.45) is 0. The predicted molar refractivity (Wildman–Crippen MR) is 241 cm³/mol. The molecule has 59 heavy (non-hydrogen) atoms. The third kappa shape index (κ3) is 4.79. The highest BCUT2D eigenvalue weighted by molar-refractivity contribution is 7.01. The van der Waals surface area contributed by atoms with Crippen molar-refractivity contribution in [3.63, 3.8) is 0 Å². The van der Waals surface area contributed by atoms with Crippen molar-refractivity contribution >= 4 is 46.3 Å². The Kier molecular flexibility index (Phi) is 5.01. The van der Waals surface area contributed by atoms with Crippen LogP contribution in [-0.2, 0) is 5.41 Å². The molecule has 0 saturated heterocycles. The molecule has 0 bridgehead atoms. The Bertz CT molecular complexity index is 4280. The predicted octanol–water partition coefficient (Wildman–Crippen LogP) is 11.1. The monoisotopic (exact) mass is 787 g/mol. The Morgan fingerprint density at radius 2 is 1.12 bits per heavy atom. The minimum absolute atomic E-state index is 0.00915. The van der Waals surface area contributed by atoms with Crippen LogP contribution in [0, 0.1) is 41.7 Å². The summed E-state index contributed by atoms with van der Waals surface area (Å²) < 4.78 is 123. The fourth-order valence-corrected chi connectivity index (χ4v) is 11.3. The number of fused-ring (bicyclic) bond motifs is 11. The van der Waals surface area contributed by atoms with Gasteiger partial charge in [0.05, 0.1) is 27.8 Å². The molecular formula is C54H41N3OSi. The maximum atomic E-state index is 9.52. The zero-order chi connectivity index (χ0) is 49.6. The molecule has 0 fully saturated rings. The van der Waals surface area contributed by atoms with Crippen LogP contribution in [0.2, 0.25) is 13.0 Å². The maximum absolute atomic E-state index is 9.52. The average Bonchev–Trinajstić information content (AvgIpc) is 3.86. The summed E-state index contributed by atoms with van der Waals surface area (Å²) in [5.74, 6) is -0.0723. The van der Waals surface area contributed by atoms with Gasteiger partial charge in [0.1, 0.15) is 19.6 Å². The van der Waals surface area contributed by atoms with Crippen LogP contribution < -0.4 is 15.1 Å². The van der Waals surface area contributed by atoms with E-state index in [4.69, 9.17) is 9.72 Å². The number of imidazole rings is 2. The molecule has 4 nitrogen and oxygen atoms in total. The molecule has 2 aliphatic rings. The molecule has 3 heterocycles. The van der Waals surface area contributed by atoms with Crippen LogP contribution >= 0.6 is 0 Å². The van der Waals surface area contributed by atoms with E-state index in [2.05, 4.69) is 6.07 Å². The minimum atomic E-state index is -5.37. The fraction of sp³-hybridized carbons (Fsp3) is 0.0926. The van der Waals surface area contributed by atoms with Gasteiger partial charge in [-0.1, -0.05) is 171 Å². The molecule has 0 spiro atoms. The maximum Gasteiger partial charge on any atom is 0.220 e. The third-order valence-corrected chi connectivity index (χ3v) is 14.5. The van der Waals surface area contributed by atoms with Crippen LogP contribution in [0.4, 0.5) is 0 Å². The van der Waals surface area contributed by atoms with Gasteiger partial charge in [0.2, 0.25) is 5.78 Å². The lowest BCUT2D eigenvalue weighted by Gasteiger charge is -2.38. The number of hydrogen-bond donors (Lipinski definition) is 0. The molecule has 0 atom stereocenters. The molecule has 2 aromatic heterocycles. The van der Waals surface area contributed by atoms with Gasteiger partial charge in [-0.2, -0.15) is 0 Å². The summed E-state index contributed by atoms with van der Waals surface area (Å²) in [5, 5.41) is 6.41. The average molecular weight is 788 g/mol. The van der Waals surface area contributed by atoms with E-state index < -0.39 is 45.9 Å². The molecule has 1 aliphatic heterocycles. The van der Waals surface area contributed by atoms with Gasteiger partial charge in [-0.3, -0.25) is 8.97 Å². The van der Waals surface area contributed by atoms with Crippen molar-refractivity contribution in [1.82, 2.24) is 14.0 Å². The van der Waals surface area contributed by atoms with Gasteiger partial charge >= 0.3 is 0 Å². The lowest BCUT2D eigenvalue weighted by atomic mass is 9.76. The van der Waals surface area contributed by atoms with Gasteiger partial charge in [-0.05, 0) is 77.3 Å². The van der Waals surface area contributed by atoms with E-state index in [0.29, 0.717) is 16.7 Å². The normalized spacial score (nSPS) is 20.0. The Hall–Kier alpha value is -6.95. The Balaban J connectivity index is 1.20. The number of rotatable bonds is 3. The highest BCUT2D eigenvalue weighted by atomic mass is 28.3. The van der Waals surface area contributed by atoms with E-state index in [0.717, 1.165) is 58.6 Å². The molecule has 8 aromatic carbocycles. The van der Waals surface area contributed by atoms with E-state index in [1.54, 1.807) is 30.3 Å². The second-order valence-corrected chi connectivity index (χ2v) is 18.0. The molecule has 282 valence electrons. The van der Waals surface area contributed by atoms with E-state index in [9.17, 15) is 16.4 Å². The standard InChI is InChI=1S/C54H41N3OSi/c1-54(2)44-31-28-34(56-48-25-13-14-26-49(48)57-47-24-12-11-23-46(47)55-53(56)57)32-50(44)58-52-45(54)22-15-27-51(52)59(3,4)35-29-30-42-40-20-8-7-18-38(40)36-16-5-6-17-37(36)39-19-9-10-21-41(39)43(42)33-35/h5-33H,1-4H3/b38-36-,39-37-,42-40-,43-41-/i1D3,2D3,3D3,4D3. The van der Waals surface area contributed by atoms with E-state index in [-0.39, 0.29) is 27.2 Å². The van der Waals surface area contributed by atoms with Crippen LogP contribution in [0.1, 0.15) is 41.3 Å². The molecule has 0 unspecified atom stereocenters. The van der Waals surface area contributed by atoms with Gasteiger partial charge in [0.25, 0.3) is 0 Å². The summed E-state index contributed by atoms with van der Waals surface area (Å²) in [6, 6.07) is 52.6. The first kappa shape index (κ1) is 24.1. The molecule has 12 rings (SSSR count). The van der Waals surface area contributed by atoms with Crippen molar-refractivity contribution in [2.75, 3.05) is 0 Å². The van der Waals surface area contributed by atoms with Crippen molar-refractivity contribution in [3.05, 3.63) is 229 Å². The Morgan fingerprint density at radius 3 is 1.78 bits per heavy atom. The van der Waals surface area contributed by atoms with Gasteiger partial charge in [0.15, 0.2) is 0 Å². The number of para-hydroxylation sites is 5. The zero-order valence-electron chi connectivity index (χ0n) is 43.5. The smallest absolute Gasteiger partial charge is 0.220 e. The molecular weight excluding hydrogens is 735 g/mol. The first-order chi connectivity index (χ1) is 33.8. The largest absolute Gasteiger partial charge is 0.457 e. The number of ether oxygens (including phenoxy) is 1. The van der Waals surface area contributed by atoms with Crippen LogP contribution in [0.15, 0.2) is 176 Å². The number of nitrogens with zero attached hydrogens (tertiary/aromatic N) is 3. The molecule has 1 aliphatic carbocycles. The Morgan fingerprint density at radius 1 is 0.525 bits per heavy atom. The summed E-state index contributed by atoms with van der Waals surface area (Å²) in [7, 11) is -5.37. The first-order valence-corrected chi connectivity index (χ1v) is 21.6. The number of benzene rings is 8. The summed E-state index contributed by atoms with van der Waals surface area (Å²) in [5.41, 5.74) is 0.205. The van der Waals surface area contributed by atoms with Gasteiger partial charge in [0, 0.05) is 39.1 Å². The highest BCUT2D eigenvalue weighted by Gasteiger charge is 2.39. The van der Waals surface area contributed by atoms with Crippen molar-refractivity contribution < 1.29 is 21.2 Å².